The average molecular weight is 288 g/mol. The maximum Gasteiger partial charge on any atom is 0.223 e. The molecule has 1 heterocycles. The standard InChI is InChI=1S/C17H24N2O2/c20-10-9-19(14-5-1-2-6-14)17(21)11-13-12-18-16-8-4-3-7-15(13)16/h3-4,7-8,13-14,18,20H,1-2,5-6,9-12H2. The number of carbonyl (C=O) groups is 1. The average Bonchev–Trinajstić information content (AvgIpc) is 3.15. The second kappa shape index (κ2) is 6.48. The lowest BCUT2D eigenvalue weighted by Gasteiger charge is -2.29. The number of hydrogen-bond donors (Lipinski definition) is 2. The number of amides is 1. The molecule has 0 radical (unpaired) electrons. The van der Waals surface area contributed by atoms with E-state index in [0.717, 1.165) is 25.1 Å². The third kappa shape index (κ3) is 3.05. The van der Waals surface area contributed by atoms with Crippen molar-refractivity contribution in [2.24, 2.45) is 0 Å². The summed E-state index contributed by atoms with van der Waals surface area (Å²) in [6.07, 6.45) is 5.12. The number of hydrogen-bond acceptors (Lipinski definition) is 3. The van der Waals surface area contributed by atoms with Gasteiger partial charge < -0.3 is 15.3 Å². The highest BCUT2D eigenvalue weighted by atomic mass is 16.3. The number of benzene rings is 1. The smallest absolute Gasteiger partial charge is 0.223 e. The molecule has 1 aromatic rings. The molecule has 1 aliphatic carbocycles. The van der Waals surface area contributed by atoms with Crippen LogP contribution in [0.1, 0.15) is 43.6 Å². The first-order valence-electron chi connectivity index (χ1n) is 8.02. The summed E-state index contributed by atoms with van der Waals surface area (Å²) in [7, 11) is 0. The first-order chi connectivity index (χ1) is 10.3. The van der Waals surface area contributed by atoms with E-state index in [1.54, 1.807) is 0 Å². The van der Waals surface area contributed by atoms with Gasteiger partial charge in [0.05, 0.1) is 6.61 Å². The van der Waals surface area contributed by atoms with Crippen LogP contribution < -0.4 is 5.32 Å². The molecule has 0 bridgehead atoms. The van der Waals surface area contributed by atoms with Gasteiger partial charge in [0.2, 0.25) is 5.91 Å². The minimum absolute atomic E-state index is 0.0573. The summed E-state index contributed by atoms with van der Waals surface area (Å²) in [5.74, 6) is 0.454. The van der Waals surface area contributed by atoms with Crippen LogP contribution >= 0.6 is 0 Å². The number of aliphatic hydroxyl groups is 1. The molecule has 0 aromatic heterocycles. The summed E-state index contributed by atoms with van der Waals surface area (Å²) in [6.45, 7) is 1.37. The SMILES string of the molecule is O=C(CC1CNc2ccccc21)N(CCO)C1CCCC1. The topological polar surface area (TPSA) is 52.6 Å². The van der Waals surface area contributed by atoms with Crippen LogP contribution in [0.5, 0.6) is 0 Å². The molecule has 0 saturated heterocycles. The fourth-order valence-corrected chi connectivity index (χ4v) is 3.70. The summed E-state index contributed by atoms with van der Waals surface area (Å²) in [4.78, 5) is 14.6. The van der Waals surface area contributed by atoms with Crippen molar-refractivity contribution in [1.29, 1.82) is 0 Å². The van der Waals surface area contributed by atoms with Crippen molar-refractivity contribution in [3.63, 3.8) is 0 Å². The van der Waals surface area contributed by atoms with Crippen molar-refractivity contribution in [3.05, 3.63) is 29.8 Å². The zero-order valence-electron chi connectivity index (χ0n) is 12.4. The molecule has 0 spiro atoms. The molecule has 114 valence electrons. The third-order valence-electron chi connectivity index (χ3n) is 4.79. The van der Waals surface area contributed by atoms with Crippen molar-refractivity contribution < 1.29 is 9.90 Å². The monoisotopic (exact) mass is 288 g/mol. The van der Waals surface area contributed by atoms with Crippen molar-refractivity contribution >= 4 is 11.6 Å². The highest BCUT2D eigenvalue weighted by molar-refractivity contribution is 5.78. The zero-order chi connectivity index (χ0) is 14.7. The summed E-state index contributed by atoms with van der Waals surface area (Å²) < 4.78 is 0. The van der Waals surface area contributed by atoms with E-state index in [1.807, 2.05) is 17.0 Å². The summed E-state index contributed by atoms with van der Waals surface area (Å²) in [5, 5.41) is 12.6. The number of nitrogens with zero attached hydrogens (tertiary/aromatic N) is 1. The molecule has 1 fully saturated rings. The van der Waals surface area contributed by atoms with Crippen LogP contribution in [0.2, 0.25) is 0 Å². The van der Waals surface area contributed by atoms with Gasteiger partial charge in [-0.05, 0) is 24.5 Å². The van der Waals surface area contributed by atoms with Gasteiger partial charge in [0.15, 0.2) is 0 Å². The van der Waals surface area contributed by atoms with E-state index in [9.17, 15) is 9.90 Å². The van der Waals surface area contributed by atoms with Crippen molar-refractivity contribution in [1.82, 2.24) is 4.90 Å². The van der Waals surface area contributed by atoms with Crippen LogP contribution in [0.4, 0.5) is 5.69 Å². The Kier molecular flexibility index (Phi) is 4.44. The molecule has 2 aliphatic rings. The first-order valence-corrected chi connectivity index (χ1v) is 8.02. The molecule has 1 aliphatic heterocycles. The van der Waals surface area contributed by atoms with Gasteiger partial charge >= 0.3 is 0 Å². The number of fused-ring (bicyclic) bond motifs is 1. The van der Waals surface area contributed by atoms with Crippen LogP contribution in [0.3, 0.4) is 0 Å². The van der Waals surface area contributed by atoms with Crippen LogP contribution in [0, 0.1) is 0 Å². The maximum absolute atomic E-state index is 12.7. The van der Waals surface area contributed by atoms with E-state index in [2.05, 4.69) is 17.4 Å². The van der Waals surface area contributed by atoms with E-state index < -0.39 is 0 Å². The van der Waals surface area contributed by atoms with Crippen molar-refractivity contribution in [3.8, 4) is 0 Å². The number of aliphatic hydroxyl groups excluding tert-OH is 1. The third-order valence-corrected chi connectivity index (χ3v) is 4.79. The lowest BCUT2D eigenvalue weighted by molar-refractivity contribution is -0.134. The van der Waals surface area contributed by atoms with E-state index in [0.29, 0.717) is 19.0 Å². The van der Waals surface area contributed by atoms with Crippen LogP contribution in [0.15, 0.2) is 24.3 Å². The molecular weight excluding hydrogens is 264 g/mol. The molecule has 1 saturated carbocycles. The highest BCUT2D eigenvalue weighted by Gasteiger charge is 2.30. The van der Waals surface area contributed by atoms with E-state index in [1.165, 1.54) is 18.4 Å². The molecule has 21 heavy (non-hydrogen) atoms. The van der Waals surface area contributed by atoms with E-state index >= 15 is 0 Å². The van der Waals surface area contributed by atoms with Crippen LogP contribution in [0.25, 0.3) is 0 Å². The quantitative estimate of drug-likeness (QED) is 0.874. The van der Waals surface area contributed by atoms with E-state index in [-0.39, 0.29) is 18.4 Å². The molecule has 3 rings (SSSR count). The molecule has 1 atom stereocenters. The Morgan fingerprint density at radius 3 is 2.81 bits per heavy atom. The summed E-state index contributed by atoms with van der Waals surface area (Å²) in [5.41, 5.74) is 2.41. The number of carbonyl (C=O) groups excluding carboxylic acids is 1. The lowest BCUT2D eigenvalue weighted by atomic mass is 9.97. The number of para-hydroxylation sites is 1. The summed E-state index contributed by atoms with van der Waals surface area (Å²) >= 11 is 0. The molecule has 4 heteroatoms. The fourth-order valence-electron chi connectivity index (χ4n) is 3.70. The van der Waals surface area contributed by atoms with Gasteiger partial charge in [-0.1, -0.05) is 31.0 Å². The normalized spacial score (nSPS) is 21.1. The Hall–Kier alpha value is -1.55. The predicted molar refractivity (Wildman–Crippen MR) is 83.3 cm³/mol. The Labute approximate surface area is 126 Å². The largest absolute Gasteiger partial charge is 0.395 e. The Bertz CT molecular complexity index is 497. The van der Waals surface area contributed by atoms with Gasteiger partial charge in [-0.2, -0.15) is 0 Å². The van der Waals surface area contributed by atoms with Gasteiger partial charge in [0.1, 0.15) is 0 Å². The van der Waals surface area contributed by atoms with Gasteiger partial charge in [0.25, 0.3) is 0 Å². The van der Waals surface area contributed by atoms with Crippen molar-refractivity contribution in [2.75, 3.05) is 25.0 Å². The minimum Gasteiger partial charge on any atom is -0.395 e. The van der Waals surface area contributed by atoms with E-state index in [4.69, 9.17) is 0 Å². The molecule has 4 nitrogen and oxygen atoms in total. The summed E-state index contributed by atoms with van der Waals surface area (Å²) in [6, 6.07) is 8.58. The molecule has 1 amide bonds. The van der Waals surface area contributed by atoms with Crippen LogP contribution in [-0.2, 0) is 4.79 Å². The fraction of sp³-hybridized carbons (Fsp3) is 0.588. The first kappa shape index (κ1) is 14.4. The van der Waals surface area contributed by atoms with Gasteiger partial charge in [0, 0.05) is 37.2 Å². The zero-order valence-corrected chi connectivity index (χ0v) is 12.4. The Morgan fingerprint density at radius 1 is 1.29 bits per heavy atom. The number of nitrogens with one attached hydrogen (secondary N) is 1. The number of rotatable bonds is 5. The lowest BCUT2D eigenvalue weighted by Crippen LogP contribution is -2.41. The number of anilines is 1. The van der Waals surface area contributed by atoms with Crippen LogP contribution in [-0.4, -0.2) is 41.7 Å². The second-order valence-corrected chi connectivity index (χ2v) is 6.12. The molecular formula is C17H24N2O2. The molecule has 2 N–H and O–H groups in total. The van der Waals surface area contributed by atoms with Gasteiger partial charge in [-0.15, -0.1) is 0 Å². The van der Waals surface area contributed by atoms with Crippen molar-refractivity contribution in [2.45, 2.75) is 44.1 Å². The molecule has 1 unspecified atom stereocenters. The van der Waals surface area contributed by atoms with Gasteiger partial charge in [-0.3, -0.25) is 4.79 Å². The maximum atomic E-state index is 12.7. The predicted octanol–water partition coefficient (Wildman–Crippen LogP) is 2.35. The Morgan fingerprint density at radius 2 is 2.05 bits per heavy atom. The Balaban J connectivity index is 1.67. The molecule has 1 aromatic carbocycles. The second-order valence-electron chi connectivity index (χ2n) is 6.12. The minimum atomic E-state index is 0.0573. The highest BCUT2D eigenvalue weighted by Crippen LogP contribution is 2.34. The van der Waals surface area contributed by atoms with Gasteiger partial charge in [-0.25, -0.2) is 0 Å².